The van der Waals surface area contributed by atoms with E-state index in [1.807, 2.05) is 11.6 Å². The lowest BCUT2D eigenvalue weighted by Gasteiger charge is -2.05. The van der Waals surface area contributed by atoms with E-state index in [9.17, 15) is 4.79 Å². The number of nitrogens with one attached hydrogen (secondary N) is 1. The van der Waals surface area contributed by atoms with Gasteiger partial charge in [0.2, 0.25) is 0 Å². The van der Waals surface area contributed by atoms with Gasteiger partial charge in [0.05, 0.1) is 17.4 Å². The normalized spacial score (nSPS) is 10.7. The Hall–Kier alpha value is -2.69. The quantitative estimate of drug-likeness (QED) is 0.794. The van der Waals surface area contributed by atoms with Crippen LogP contribution in [0.1, 0.15) is 15.9 Å². The van der Waals surface area contributed by atoms with E-state index in [-0.39, 0.29) is 5.91 Å². The minimum atomic E-state index is -0.0729. The predicted octanol–water partition coefficient (Wildman–Crippen LogP) is 1.94. The summed E-state index contributed by atoms with van der Waals surface area (Å²) in [6.45, 7) is 0.597. The number of fused-ring (bicyclic) bond motifs is 1. The molecule has 0 aliphatic carbocycles. The smallest absolute Gasteiger partial charge is 0.251 e. The predicted molar refractivity (Wildman–Crippen MR) is 81.0 cm³/mol. The average molecular weight is 280 g/mol. The van der Waals surface area contributed by atoms with Crippen LogP contribution in [0.3, 0.4) is 0 Å². The van der Waals surface area contributed by atoms with Gasteiger partial charge in [0.25, 0.3) is 5.91 Å². The van der Waals surface area contributed by atoms with E-state index >= 15 is 0 Å². The van der Waals surface area contributed by atoms with Gasteiger partial charge in [0.1, 0.15) is 0 Å². The molecule has 0 saturated heterocycles. The van der Waals surface area contributed by atoms with Gasteiger partial charge in [-0.2, -0.15) is 0 Å². The van der Waals surface area contributed by atoms with E-state index < -0.39 is 0 Å². The second kappa shape index (κ2) is 5.75. The highest BCUT2D eigenvalue weighted by atomic mass is 16.1. The van der Waals surface area contributed by atoms with E-state index in [0.29, 0.717) is 12.1 Å². The topological polar surface area (TPSA) is 59.8 Å². The standard InChI is InChI=1S/C16H16N4O/c1-20-11-19-14-10-12(2-3-15(14)20)4-9-18-16(21)13-5-7-17-8-6-13/h2-3,5-8,10-11H,4,9H2,1H3,(H,18,21). The molecule has 0 aliphatic heterocycles. The van der Waals surface area contributed by atoms with Crippen LogP contribution in [0, 0.1) is 0 Å². The largest absolute Gasteiger partial charge is 0.352 e. The zero-order valence-corrected chi connectivity index (χ0v) is 11.8. The Morgan fingerprint density at radius 2 is 2.05 bits per heavy atom. The summed E-state index contributed by atoms with van der Waals surface area (Å²) in [5.74, 6) is -0.0729. The Bertz CT molecular complexity index is 764. The zero-order chi connectivity index (χ0) is 14.7. The van der Waals surface area contributed by atoms with E-state index in [4.69, 9.17) is 0 Å². The number of carbonyl (C=O) groups excluding carboxylic acids is 1. The van der Waals surface area contributed by atoms with E-state index in [0.717, 1.165) is 23.0 Å². The lowest BCUT2D eigenvalue weighted by atomic mass is 10.1. The SMILES string of the molecule is Cn1cnc2cc(CCNC(=O)c3ccncc3)ccc21. The van der Waals surface area contributed by atoms with Gasteiger partial charge < -0.3 is 9.88 Å². The monoisotopic (exact) mass is 280 g/mol. The zero-order valence-electron chi connectivity index (χ0n) is 11.8. The van der Waals surface area contributed by atoms with Gasteiger partial charge in [-0.05, 0) is 36.2 Å². The first-order valence-corrected chi connectivity index (χ1v) is 6.82. The Morgan fingerprint density at radius 1 is 1.24 bits per heavy atom. The molecule has 106 valence electrons. The maximum Gasteiger partial charge on any atom is 0.251 e. The highest BCUT2D eigenvalue weighted by Crippen LogP contribution is 2.14. The molecule has 2 heterocycles. The van der Waals surface area contributed by atoms with Gasteiger partial charge in [-0.3, -0.25) is 9.78 Å². The van der Waals surface area contributed by atoms with Crippen LogP contribution in [0.15, 0.2) is 49.1 Å². The van der Waals surface area contributed by atoms with Gasteiger partial charge in [-0.15, -0.1) is 0 Å². The summed E-state index contributed by atoms with van der Waals surface area (Å²) in [6.07, 6.45) is 5.82. The van der Waals surface area contributed by atoms with Crippen LogP contribution in [0.5, 0.6) is 0 Å². The first kappa shape index (κ1) is 13.3. The van der Waals surface area contributed by atoms with Crippen LogP contribution >= 0.6 is 0 Å². The maximum absolute atomic E-state index is 11.9. The molecule has 0 radical (unpaired) electrons. The molecule has 5 nitrogen and oxygen atoms in total. The third-order valence-electron chi connectivity index (χ3n) is 3.43. The molecular weight excluding hydrogens is 264 g/mol. The Kier molecular flexibility index (Phi) is 3.64. The van der Waals surface area contributed by atoms with Gasteiger partial charge in [0, 0.05) is 31.5 Å². The van der Waals surface area contributed by atoms with Crippen molar-refractivity contribution in [2.45, 2.75) is 6.42 Å². The number of nitrogens with zero attached hydrogens (tertiary/aromatic N) is 3. The summed E-state index contributed by atoms with van der Waals surface area (Å²) >= 11 is 0. The van der Waals surface area contributed by atoms with Crippen molar-refractivity contribution in [2.75, 3.05) is 6.54 Å². The van der Waals surface area contributed by atoms with Crippen molar-refractivity contribution in [1.82, 2.24) is 19.9 Å². The van der Waals surface area contributed by atoms with Crippen LogP contribution in [0.4, 0.5) is 0 Å². The summed E-state index contributed by atoms with van der Waals surface area (Å²) in [5.41, 5.74) is 3.89. The van der Waals surface area contributed by atoms with Crippen molar-refractivity contribution < 1.29 is 4.79 Å². The fourth-order valence-electron chi connectivity index (χ4n) is 2.26. The maximum atomic E-state index is 11.9. The summed E-state index contributed by atoms with van der Waals surface area (Å²) < 4.78 is 1.99. The number of amides is 1. The lowest BCUT2D eigenvalue weighted by Crippen LogP contribution is -2.25. The number of aryl methyl sites for hydroxylation is 1. The second-order valence-electron chi connectivity index (χ2n) is 4.92. The molecule has 3 rings (SSSR count). The molecule has 0 fully saturated rings. The number of pyridine rings is 1. The van der Waals surface area contributed by atoms with Crippen molar-refractivity contribution in [3.05, 3.63) is 60.2 Å². The third-order valence-corrected chi connectivity index (χ3v) is 3.43. The fraction of sp³-hybridized carbons (Fsp3) is 0.188. The van der Waals surface area contributed by atoms with Crippen molar-refractivity contribution in [3.8, 4) is 0 Å². The minimum Gasteiger partial charge on any atom is -0.352 e. The van der Waals surface area contributed by atoms with Gasteiger partial charge in [-0.25, -0.2) is 4.98 Å². The first-order valence-electron chi connectivity index (χ1n) is 6.82. The van der Waals surface area contributed by atoms with Gasteiger partial charge in [-0.1, -0.05) is 6.07 Å². The first-order chi connectivity index (χ1) is 10.2. The Balaban J connectivity index is 1.60. The number of hydrogen-bond acceptors (Lipinski definition) is 3. The number of benzene rings is 1. The van der Waals surface area contributed by atoms with Crippen LogP contribution in [0.2, 0.25) is 0 Å². The molecule has 0 atom stereocenters. The molecule has 5 heteroatoms. The summed E-state index contributed by atoms with van der Waals surface area (Å²) in [5, 5.41) is 2.91. The van der Waals surface area contributed by atoms with Gasteiger partial charge in [0.15, 0.2) is 0 Å². The average Bonchev–Trinajstić information content (AvgIpc) is 2.89. The fourth-order valence-corrected chi connectivity index (χ4v) is 2.26. The molecule has 0 aliphatic rings. The molecule has 3 aromatic rings. The van der Waals surface area contributed by atoms with Crippen LogP contribution in [0.25, 0.3) is 11.0 Å². The Labute approximate surface area is 122 Å². The highest BCUT2D eigenvalue weighted by molar-refractivity contribution is 5.93. The van der Waals surface area contributed by atoms with E-state index in [1.54, 1.807) is 30.9 Å². The highest BCUT2D eigenvalue weighted by Gasteiger charge is 2.05. The molecule has 1 amide bonds. The summed E-state index contributed by atoms with van der Waals surface area (Å²) in [4.78, 5) is 20.1. The number of imidazole rings is 1. The summed E-state index contributed by atoms with van der Waals surface area (Å²) in [7, 11) is 1.98. The molecule has 0 unspecified atom stereocenters. The van der Waals surface area contributed by atoms with Gasteiger partial charge >= 0.3 is 0 Å². The van der Waals surface area contributed by atoms with Crippen LogP contribution in [-0.4, -0.2) is 27.0 Å². The lowest BCUT2D eigenvalue weighted by molar-refractivity contribution is 0.0954. The summed E-state index contributed by atoms with van der Waals surface area (Å²) in [6, 6.07) is 9.60. The van der Waals surface area contributed by atoms with Crippen molar-refractivity contribution in [3.63, 3.8) is 0 Å². The molecule has 21 heavy (non-hydrogen) atoms. The van der Waals surface area contributed by atoms with Crippen molar-refractivity contribution in [2.24, 2.45) is 7.05 Å². The minimum absolute atomic E-state index is 0.0729. The number of aromatic nitrogens is 3. The number of carbonyl (C=O) groups is 1. The van der Waals surface area contributed by atoms with Crippen molar-refractivity contribution in [1.29, 1.82) is 0 Å². The second-order valence-corrected chi connectivity index (χ2v) is 4.92. The number of rotatable bonds is 4. The van der Waals surface area contributed by atoms with E-state index in [1.165, 1.54) is 0 Å². The molecule has 1 aromatic carbocycles. The number of hydrogen-bond donors (Lipinski definition) is 1. The molecule has 1 N–H and O–H groups in total. The van der Waals surface area contributed by atoms with Crippen LogP contribution < -0.4 is 5.32 Å². The van der Waals surface area contributed by atoms with Crippen molar-refractivity contribution >= 4 is 16.9 Å². The molecule has 0 spiro atoms. The molecule has 0 bridgehead atoms. The van der Waals surface area contributed by atoms with Crippen LogP contribution in [-0.2, 0) is 13.5 Å². The molecule has 2 aromatic heterocycles. The third kappa shape index (κ3) is 2.91. The molecular formula is C16H16N4O. The molecule has 0 saturated carbocycles. The Morgan fingerprint density at radius 3 is 2.86 bits per heavy atom. The van der Waals surface area contributed by atoms with E-state index in [2.05, 4.69) is 33.5 Å².